The number of aryl methyl sites for hydroxylation is 4. The molecule has 0 saturated heterocycles. The number of anilines is 1. The summed E-state index contributed by atoms with van der Waals surface area (Å²) in [4.78, 5) is 7.73. The zero-order valence-electron chi connectivity index (χ0n) is 21.0. The molecule has 0 amide bonds. The molecule has 1 aliphatic carbocycles. The molecular formula is C30H39N3. The number of fused-ring (bicyclic) bond motifs is 1. The molecule has 0 radical (unpaired) electrons. The van der Waals surface area contributed by atoms with Crippen LogP contribution >= 0.6 is 0 Å². The normalized spacial score (nSPS) is 15.5. The van der Waals surface area contributed by atoms with Crippen molar-refractivity contribution >= 4 is 5.82 Å². The van der Waals surface area contributed by atoms with Crippen LogP contribution in [0.5, 0.6) is 0 Å². The van der Waals surface area contributed by atoms with Crippen molar-refractivity contribution in [3.05, 3.63) is 81.9 Å². The van der Waals surface area contributed by atoms with E-state index in [-0.39, 0.29) is 0 Å². The van der Waals surface area contributed by atoms with Crippen LogP contribution in [0.25, 0.3) is 11.3 Å². The lowest BCUT2D eigenvalue weighted by atomic mass is 9.86. The molecule has 0 bridgehead atoms. The fourth-order valence-electron chi connectivity index (χ4n) is 5.57. The summed E-state index contributed by atoms with van der Waals surface area (Å²) >= 11 is 0. The van der Waals surface area contributed by atoms with Crippen molar-refractivity contribution < 1.29 is 0 Å². The van der Waals surface area contributed by atoms with Crippen LogP contribution in [0.3, 0.4) is 0 Å². The highest BCUT2D eigenvalue weighted by Crippen LogP contribution is 2.36. The third kappa shape index (κ3) is 4.70. The van der Waals surface area contributed by atoms with Gasteiger partial charge in [-0.15, -0.1) is 0 Å². The second-order valence-corrected chi connectivity index (χ2v) is 9.28. The van der Waals surface area contributed by atoms with Gasteiger partial charge in [-0.25, -0.2) is 4.98 Å². The zero-order chi connectivity index (χ0) is 23.4. The molecule has 3 heteroatoms. The largest absolute Gasteiger partial charge is 0.373 e. The summed E-state index contributed by atoms with van der Waals surface area (Å²) in [7, 11) is 4.29. The van der Waals surface area contributed by atoms with Gasteiger partial charge in [-0.05, 0) is 79.5 Å². The summed E-state index contributed by atoms with van der Waals surface area (Å²) in [6.07, 6.45) is 6.73. The van der Waals surface area contributed by atoms with E-state index in [1.54, 1.807) is 0 Å². The zero-order valence-corrected chi connectivity index (χ0v) is 21.0. The third-order valence-electron chi connectivity index (χ3n) is 7.37. The van der Waals surface area contributed by atoms with Crippen molar-refractivity contribution in [3.63, 3.8) is 0 Å². The average Bonchev–Trinajstić information content (AvgIpc) is 2.87. The highest BCUT2D eigenvalue weighted by molar-refractivity contribution is 5.71. The Morgan fingerprint density at radius 2 is 1.64 bits per heavy atom. The monoisotopic (exact) mass is 441 g/mol. The van der Waals surface area contributed by atoms with Crippen molar-refractivity contribution in [1.82, 2.24) is 9.88 Å². The molecule has 1 N–H and O–H groups in total. The number of nitrogens with zero attached hydrogens (tertiary/aromatic N) is 2. The maximum Gasteiger partial charge on any atom is 0.131 e. The van der Waals surface area contributed by atoms with E-state index in [1.807, 2.05) is 7.05 Å². The number of hydrogen-bond acceptors (Lipinski definition) is 3. The number of pyridine rings is 1. The van der Waals surface area contributed by atoms with Gasteiger partial charge in [0.05, 0.1) is 5.69 Å². The minimum absolute atomic E-state index is 0.469. The Kier molecular flexibility index (Phi) is 7.49. The molecule has 1 aromatic heterocycles. The Morgan fingerprint density at radius 1 is 0.939 bits per heavy atom. The van der Waals surface area contributed by atoms with Gasteiger partial charge in [0.1, 0.15) is 5.82 Å². The molecule has 3 aromatic rings. The fraction of sp³-hybridized carbons (Fsp3) is 0.433. The summed E-state index contributed by atoms with van der Waals surface area (Å²) in [5.74, 6) is 1.02. The SMILES string of the molecule is CCc1cc(-c2c(CC)cccc2CC)nc(NC)c1CN(C)[C@@H]1CCCc2ccccc21. The van der Waals surface area contributed by atoms with E-state index in [4.69, 9.17) is 4.98 Å². The summed E-state index contributed by atoms with van der Waals surface area (Å²) < 4.78 is 0. The molecule has 3 nitrogen and oxygen atoms in total. The predicted molar refractivity (Wildman–Crippen MR) is 141 cm³/mol. The maximum atomic E-state index is 5.19. The molecule has 33 heavy (non-hydrogen) atoms. The number of hydrogen-bond donors (Lipinski definition) is 1. The third-order valence-corrected chi connectivity index (χ3v) is 7.37. The molecule has 0 fully saturated rings. The van der Waals surface area contributed by atoms with E-state index in [2.05, 4.69) is 86.6 Å². The van der Waals surface area contributed by atoms with Crippen LogP contribution in [0.1, 0.15) is 73.0 Å². The molecule has 1 heterocycles. The van der Waals surface area contributed by atoms with Crippen LogP contribution in [-0.2, 0) is 32.2 Å². The molecule has 0 spiro atoms. The minimum Gasteiger partial charge on any atom is -0.373 e. The first-order valence-electron chi connectivity index (χ1n) is 12.7. The van der Waals surface area contributed by atoms with Gasteiger partial charge in [0.25, 0.3) is 0 Å². The van der Waals surface area contributed by atoms with Gasteiger partial charge in [0.15, 0.2) is 0 Å². The molecule has 2 aromatic carbocycles. The van der Waals surface area contributed by atoms with Crippen molar-refractivity contribution in [1.29, 1.82) is 0 Å². The number of rotatable bonds is 8. The molecule has 0 unspecified atom stereocenters. The van der Waals surface area contributed by atoms with Crippen LogP contribution < -0.4 is 5.32 Å². The van der Waals surface area contributed by atoms with E-state index < -0.39 is 0 Å². The van der Waals surface area contributed by atoms with Gasteiger partial charge >= 0.3 is 0 Å². The highest BCUT2D eigenvalue weighted by atomic mass is 15.1. The second-order valence-electron chi connectivity index (χ2n) is 9.28. The molecular weight excluding hydrogens is 402 g/mol. The molecule has 4 rings (SSSR count). The van der Waals surface area contributed by atoms with Crippen molar-refractivity contribution in [2.45, 2.75) is 71.9 Å². The second kappa shape index (κ2) is 10.5. The van der Waals surface area contributed by atoms with Gasteiger partial charge in [0, 0.05) is 30.8 Å². The van der Waals surface area contributed by atoms with E-state index >= 15 is 0 Å². The Hall–Kier alpha value is -2.65. The molecule has 1 atom stereocenters. The molecule has 174 valence electrons. The fourth-order valence-corrected chi connectivity index (χ4v) is 5.57. The first-order chi connectivity index (χ1) is 16.1. The topological polar surface area (TPSA) is 28.2 Å². The lowest BCUT2D eigenvalue weighted by Gasteiger charge is -2.34. The van der Waals surface area contributed by atoms with E-state index in [1.165, 1.54) is 58.2 Å². The molecule has 0 aliphatic heterocycles. The first kappa shape index (κ1) is 23.5. The van der Waals surface area contributed by atoms with Crippen LogP contribution in [0.4, 0.5) is 5.82 Å². The smallest absolute Gasteiger partial charge is 0.131 e. The summed E-state index contributed by atoms with van der Waals surface area (Å²) in [5, 5.41) is 3.45. The summed E-state index contributed by atoms with van der Waals surface area (Å²) in [6.45, 7) is 7.65. The highest BCUT2D eigenvalue weighted by Gasteiger charge is 2.25. The van der Waals surface area contributed by atoms with Gasteiger partial charge in [0.2, 0.25) is 0 Å². The Balaban J connectivity index is 1.73. The average molecular weight is 442 g/mol. The predicted octanol–water partition coefficient (Wildman–Crippen LogP) is 6.99. The molecule has 1 aliphatic rings. The van der Waals surface area contributed by atoms with E-state index in [9.17, 15) is 0 Å². The Labute approximate surface area is 200 Å². The van der Waals surface area contributed by atoms with E-state index in [0.29, 0.717) is 6.04 Å². The maximum absolute atomic E-state index is 5.19. The van der Waals surface area contributed by atoms with Crippen LogP contribution in [0.2, 0.25) is 0 Å². The quantitative estimate of drug-likeness (QED) is 0.408. The standard InChI is InChI=1S/C30H39N3/c1-6-21-14-11-15-22(7-2)29(21)27-19-23(8-3)26(30(31-4)32-27)20-33(5)28-18-12-16-24-13-9-10-17-25(24)28/h9-11,13-15,17,19,28H,6-8,12,16,18,20H2,1-5H3,(H,31,32)/t28-/m1/s1. The van der Waals surface area contributed by atoms with Crippen LogP contribution in [0.15, 0.2) is 48.5 Å². The summed E-state index contributed by atoms with van der Waals surface area (Å²) in [5.41, 5.74) is 11.0. The van der Waals surface area contributed by atoms with E-state index in [0.717, 1.165) is 37.3 Å². The van der Waals surface area contributed by atoms with Crippen molar-refractivity contribution in [2.75, 3.05) is 19.4 Å². The minimum atomic E-state index is 0.469. The number of aromatic nitrogens is 1. The molecule has 0 saturated carbocycles. The lowest BCUT2D eigenvalue weighted by Crippen LogP contribution is -2.28. The van der Waals surface area contributed by atoms with Crippen molar-refractivity contribution in [3.8, 4) is 11.3 Å². The van der Waals surface area contributed by atoms with Crippen molar-refractivity contribution in [2.24, 2.45) is 0 Å². The number of nitrogens with one attached hydrogen (secondary N) is 1. The van der Waals surface area contributed by atoms with Gasteiger partial charge in [-0.3, -0.25) is 4.90 Å². The Bertz CT molecular complexity index is 1050. The number of benzene rings is 2. The van der Waals surface area contributed by atoms with Gasteiger partial charge in [-0.1, -0.05) is 63.2 Å². The van der Waals surface area contributed by atoms with Crippen LogP contribution in [-0.4, -0.2) is 24.0 Å². The Morgan fingerprint density at radius 3 is 2.30 bits per heavy atom. The lowest BCUT2D eigenvalue weighted by molar-refractivity contribution is 0.213. The first-order valence-corrected chi connectivity index (χ1v) is 12.7. The van der Waals surface area contributed by atoms with Gasteiger partial charge in [-0.2, -0.15) is 0 Å². The summed E-state index contributed by atoms with van der Waals surface area (Å²) in [6, 6.07) is 18.5. The van der Waals surface area contributed by atoms with Crippen LogP contribution in [0, 0.1) is 0 Å². The van der Waals surface area contributed by atoms with Gasteiger partial charge < -0.3 is 5.32 Å².